The first-order chi connectivity index (χ1) is 11.0. The van der Waals surface area contributed by atoms with Gasteiger partial charge in [-0.15, -0.1) is 0 Å². The summed E-state index contributed by atoms with van der Waals surface area (Å²) in [5, 5.41) is 3.38. The molecule has 0 amide bonds. The first-order valence-electron chi connectivity index (χ1n) is 8.63. The Balaban J connectivity index is 1.59. The maximum absolute atomic E-state index is 13.2. The highest BCUT2D eigenvalue weighted by atomic mass is 19.4. The SMILES string of the molecule is FC(F)(F)c1ccccc1C1CCN(CC2CCNCC2)CC1. The molecule has 2 fully saturated rings. The molecule has 0 bridgehead atoms. The second-order valence-corrected chi connectivity index (χ2v) is 6.85. The predicted molar refractivity (Wildman–Crippen MR) is 85.5 cm³/mol. The first-order valence-corrected chi connectivity index (χ1v) is 8.63. The van der Waals surface area contributed by atoms with E-state index in [1.54, 1.807) is 12.1 Å². The Morgan fingerprint density at radius 2 is 1.65 bits per heavy atom. The summed E-state index contributed by atoms with van der Waals surface area (Å²) < 4.78 is 39.5. The molecule has 0 spiro atoms. The van der Waals surface area contributed by atoms with Crippen LogP contribution in [0.3, 0.4) is 0 Å². The van der Waals surface area contributed by atoms with Crippen molar-refractivity contribution in [3.63, 3.8) is 0 Å². The highest BCUT2D eigenvalue weighted by molar-refractivity contribution is 5.33. The van der Waals surface area contributed by atoms with Gasteiger partial charge in [0.1, 0.15) is 0 Å². The molecule has 1 aromatic rings. The maximum Gasteiger partial charge on any atom is 0.416 e. The molecule has 5 heteroatoms. The Bertz CT molecular complexity index is 501. The summed E-state index contributed by atoms with van der Waals surface area (Å²) in [5.74, 6) is 0.785. The van der Waals surface area contributed by atoms with E-state index in [2.05, 4.69) is 10.2 Å². The van der Waals surface area contributed by atoms with Crippen LogP contribution in [0.25, 0.3) is 0 Å². The fourth-order valence-corrected chi connectivity index (χ4v) is 3.97. The van der Waals surface area contributed by atoms with E-state index < -0.39 is 11.7 Å². The van der Waals surface area contributed by atoms with Crippen LogP contribution in [0.2, 0.25) is 0 Å². The van der Waals surface area contributed by atoms with E-state index in [1.165, 1.54) is 25.0 Å². The number of rotatable bonds is 3. The number of piperidine rings is 2. The van der Waals surface area contributed by atoms with Crippen LogP contribution in [0.4, 0.5) is 13.2 Å². The molecule has 3 rings (SSSR count). The van der Waals surface area contributed by atoms with Crippen LogP contribution in [-0.4, -0.2) is 37.6 Å². The molecule has 0 saturated carbocycles. The zero-order valence-electron chi connectivity index (χ0n) is 13.4. The summed E-state index contributed by atoms with van der Waals surface area (Å²) in [6.07, 6.45) is -0.146. The van der Waals surface area contributed by atoms with Gasteiger partial charge in [-0.1, -0.05) is 18.2 Å². The number of nitrogens with zero attached hydrogens (tertiary/aromatic N) is 1. The lowest BCUT2D eigenvalue weighted by Crippen LogP contribution is -2.40. The molecular formula is C18H25F3N2. The van der Waals surface area contributed by atoms with Crippen LogP contribution < -0.4 is 5.32 Å². The lowest BCUT2D eigenvalue weighted by Gasteiger charge is -2.36. The number of benzene rings is 1. The van der Waals surface area contributed by atoms with E-state index in [1.807, 2.05) is 0 Å². The van der Waals surface area contributed by atoms with Gasteiger partial charge in [-0.25, -0.2) is 0 Å². The Labute approximate surface area is 136 Å². The molecule has 2 nitrogen and oxygen atoms in total. The number of nitrogens with one attached hydrogen (secondary N) is 1. The summed E-state index contributed by atoms with van der Waals surface area (Å²) in [4.78, 5) is 2.45. The van der Waals surface area contributed by atoms with Crippen molar-refractivity contribution >= 4 is 0 Å². The summed E-state index contributed by atoms with van der Waals surface area (Å²) in [6.45, 7) is 5.14. The van der Waals surface area contributed by atoms with E-state index in [9.17, 15) is 13.2 Å². The second kappa shape index (κ2) is 7.22. The predicted octanol–water partition coefficient (Wildman–Crippen LogP) is 3.88. The zero-order valence-corrected chi connectivity index (χ0v) is 13.4. The molecule has 1 N–H and O–H groups in total. The van der Waals surface area contributed by atoms with Crippen LogP contribution >= 0.6 is 0 Å². The molecule has 0 aliphatic carbocycles. The molecule has 2 aliphatic rings. The van der Waals surface area contributed by atoms with Crippen LogP contribution in [0.15, 0.2) is 24.3 Å². The third kappa shape index (κ3) is 4.27. The van der Waals surface area contributed by atoms with Gasteiger partial charge in [0.25, 0.3) is 0 Å². The van der Waals surface area contributed by atoms with Crippen molar-refractivity contribution in [2.24, 2.45) is 5.92 Å². The molecule has 23 heavy (non-hydrogen) atoms. The van der Waals surface area contributed by atoms with E-state index in [0.29, 0.717) is 5.56 Å². The van der Waals surface area contributed by atoms with E-state index in [-0.39, 0.29) is 5.92 Å². The van der Waals surface area contributed by atoms with Crippen molar-refractivity contribution in [1.82, 2.24) is 10.2 Å². The minimum Gasteiger partial charge on any atom is -0.317 e. The summed E-state index contributed by atoms with van der Waals surface area (Å²) in [7, 11) is 0. The number of halogens is 3. The third-order valence-electron chi connectivity index (χ3n) is 5.27. The summed E-state index contributed by atoms with van der Waals surface area (Å²) >= 11 is 0. The van der Waals surface area contributed by atoms with Crippen LogP contribution in [-0.2, 0) is 6.18 Å². The summed E-state index contributed by atoms with van der Waals surface area (Å²) in [6, 6.07) is 6.09. The van der Waals surface area contributed by atoms with Crippen LogP contribution in [0.1, 0.15) is 42.7 Å². The van der Waals surface area contributed by atoms with Crippen molar-refractivity contribution in [2.75, 3.05) is 32.7 Å². The van der Waals surface area contributed by atoms with Crippen molar-refractivity contribution in [3.05, 3.63) is 35.4 Å². The Kier molecular flexibility index (Phi) is 5.27. The molecule has 2 saturated heterocycles. The second-order valence-electron chi connectivity index (χ2n) is 6.85. The molecule has 0 radical (unpaired) electrons. The highest BCUT2D eigenvalue weighted by Crippen LogP contribution is 2.38. The number of alkyl halides is 3. The lowest BCUT2D eigenvalue weighted by atomic mass is 9.85. The van der Waals surface area contributed by atoms with Crippen molar-refractivity contribution in [3.8, 4) is 0 Å². The zero-order chi connectivity index (χ0) is 16.3. The third-order valence-corrected chi connectivity index (χ3v) is 5.27. The topological polar surface area (TPSA) is 15.3 Å². The molecule has 128 valence electrons. The highest BCUT2D eigenvalue weighted by Gasteiger charge is 2.35. The fraction of sp³-hybridized carbons (Fsp3) is 0.667. The normalized spacial score (nSPS) is 22.4. The Hall–Kier alpha value is -1.07. The summed E-state index contributed by atoms with van der Waals surface area (Å²) in [5.41, 5.74) is 0.0401. The smallest absolute Gasteiger partial charge is 0.317 e. The molecule has 0 aromatic heterocycles. The van der Waals surface area contributed by atoms with Crippen molar-refractivity contribution in [2.45, 2.75) is 37.8 Å². The van der Waals surface area contributed by atoms with Crippen molar-refractivity contribution < 1.29 is 13.2 Å². The average molecular weight is 326 g/mol. The van der Waals surface area contributed by atoms with Gasteiger partial charge in [0.2, 0.25) is 0 Å². The molecule has 2 aliphatic heterocycles. The van der Waals surface area contributed by atoms with Gasteiger partial charge in [-0.05, 0) is 75.3 Å². The minimum atomic E-state index is -4.25. The largest absolute Gasteiger partial charge is 0.416 e. The number of hydrogen-bond donors (Lipinski definition) is 1. The molecular weight excluding hydrogens is 301 g/mol. The van der Waals surface area contributed by atoms with Gasteiger partial charge in [-0.3, -0.25) is 0 Å². The molecule has 2 heterocycles. The molecule has 0 atom stereocenters. The average Bonchev–Trinajstić information content (AvgIpc) is 2.56. The Morgan fingerprint density at radius 1 is 1.00 bits per heavy atom. The van der Waals surface area contributed by atoms with Gasteiger partial charge >= 0.3 is 6.18 Å². The van der Waals surface area contributed by atoms with Crippen LogP contribution in [0, 0.1) is 5.92 Å². The monoisotopic (exact) mass is 326 g/mol. The first kappa shape index (κ1) is 16.8. The van der Waals surface area contributed by atoms with Gasteiger partial charge in [-0.2, -0.15) is 13.2 Å². The Morgan fingerprint density at radius 3 is 2.30 bits per heavy atom. The van der Waals surface area contributed by atoms with Gasteiger partial charge in [0.15, 0.2) is 0 Å². The lowest BCUT2D eigenvalue weighted by molar-refractivity contribution is -0.138. The van der Waals surface area contributed by atoms with E-state index >= 15 is 0 Å². The fourth-order valence-electron chi connectivity index (χ4n) is 3.97. The van der Waals surface area contributed by atoms with Gasteiger partial charge in [0.05, 0.1) is 5.56 Å². The standard InChI is InChI=1S/C18H25F3N2/c19-18(20,21)17-4-2-1-3-16(17)15-7-11-23(12-8-15)13-14-5-9-22-10-6-14/h1-4,14-15,22H,5-13H2. The number of likely N-dealkylation sites (tertiary alicyclic amines) is 1. The minimum absolute atomic E-state index is 0.0390. The molecule has 1 aromatic carbocycles. The number of hydrogen-bond acceptors (Lipinski definition) is 2. The van der Waals surface area contributed by atoms with Crippen LogP contribution in [0.5, 0.6) is 0 Å². The van der Waals surface area contributed by atoms with E-state index in [0.717, 1.165) is 51.5 Å². The molecule has 0 unspecified atom stereocenters. The van der Waals surface area contributed by atoms with Crippen molar-refractivity contribution in [1.29, 1.82) is 0 Å². The van der Waals surface area contributed by atoms with Gasteiger partial charge in [0, 0.05) is 6.54 Å². The quantitative estimate of drug-likeness (QED) is 0.907. The maximum atomic E-state index is 13.2. The van der Waals surface area contributed by atoms with Gasteiger partial charge < -0.3 is 10.2 Å². The van der Waals surface area contributed by atoms with E-state index in [4.69, 9.17) is 0 Å².